The standard InChI is InChI=1S/C15H22N2O4S/c1-3-21-14-8-7-12(10-11(14)2)22(19,20)17-9-5-4-6-13(17)15(16)18/h7-8,10,13H,3-6,9H2,1-2H3,(H2,16,18)/t13-/m0/s1. The third-order valence-electron chi connectivity index (χ3n) is 3.83. The molecule has 2 N–H and O–H groups in total. The molecule has 2 rings (SSSR count). The van der Waals surface area contributed by atoms with E-state index in [1.165, 1.54) is 10.4 Å². The molecule has 22 heavy (non-hydrogen) atoms. The smallest absolute Gasteiger partial charge is 0.243 e. The molecule has 1 aliphatic rings. The Hall–Kier alpha value is -1.60. The largest absolute Gasteiger partial charge is 0.494 e. The Kier molecular flexibility index (Phi) is 5.08. The van der Waals surface area contributed by atoms with Crippen molar-refractivity contribution in [3.8, 4) is 5.75 Å². The summed E-state index contributed by atoms with van der Waals surface area (Å²) in [4.78, 5) is 11.7. The lowest BCUT2D eigenvalue weighted by molar-refractivity contribution is -0.122. The molecule has 1 aliphatic heterocycles. The third-order valence-corrected chi connectivity index (χ3v) is 5.74. The van der Waals surface area contributed by atoms with E-state index in [2.05, 4.69) is 0 Å². The van der Waals surface area contributed by atoms with Gasteiger partial charge in [-0.1, -0.05) is 6.42 Å². The second kappa shape index (κ2) is 6.66. The molecule has 1 aromatic rings. The van der Waals surface area contributed by atoms with Gasteiger partial charge in [-0.05, 0) is 50.5 Å². The number of sulfonamides is 1. The van der Waals surface area contributed by atoms with Crippen LogP contribution in [0.4, 0.5) is 0 Å². The van der Waals surface area contributed by atoms with Gasteiger partial charge >= 0.3 is 0 Å². The molecule has 122 valence electrons. The van der Waals surface area contributed by atoms with Crippen LogP contribution in [0.3, 0.4) is 0 Å². The van der Waals surface area contributed by atoms with Crippen molar-refractivity contribution >= 4 is 15.9 Å². The normalized spacial score (nSPS) is 19.8. The Labute approximate surface area is 131 Å². The molecule has 0 bridgehead atoms. The number of aryl methyl sites for hydroxylation is 1. The average Bonchev–Trinajstić information content (AvgIpc) is 2.49. The molecule has 0 saturated carbocycles. The Morgan fingerprint density at radius 1 is 1.41 bits per heavy atom. The molecule has 1 heterocycles. The van der Waals surface area contributed by atoms with E-state index in [9.17, 15) is 13.2 Å². The molecule has 0 aliphatic carbocycles. The number of carbonyl (C=O) groups is 1. The Bertz CT molecular complexity index is 658. The Balaban J connectivity index is 2.36. The first-order valence-electron chi connectivity index (χ1n) is 7.42. The van der Waals surface area contributed by atoms with E-state index in [0.717, 1.165) is 18.4 Å². The molecule has 0 radical (unpaired) electrons. The van der Waals surface area contributed by atoms with Gasteiger partial charge in [0, 0.05) is 6.54 Å². The van der Waals surface area contributed by atoms with Gasteiger partial charge in [0.25, 0.3) is 0 Å². The number of carbonyl (C=O) groups excluding carboxylic acids is 1. The maximum Gasteiger partial charge on any atom is 0.243 e. The van der Waals surface area contributed by atoms with E-state index in [1.807, 2.05) is 6.92 Å². The average molecular weight is 326 g/mol. The number of amides is 1. The summed E-state index contributed by atoms with van der Waals surface area (Å²) in [5.74, 6) is 0.0671. The van der Waals surface area contributed by atoms with Crippen molar-refractivity contribution in [3.05, 3.63) is 23.8 Å². The number of benzene rings is 1. The molecule has 0 aromatic heterocycles. The summed E-state index contributed by atoms with van der Waals surface area (Å²) >= 11 is 0. The van der Waals surface area contributed by atoms with Gasteiger partial charge in [-0.2, -0.15) is 4.31 Å². The van der Waals surface area contributed by atoms with Gasteiger partial charge in [0.1, 0.15) is 11.8 Å². The predicted molar refractivity (Wildman–Crippen MR) is 83.1 cm³/mol. The number of hydrogen-bond donors (Lipinski definition) is 1. The van der Waals surface area contributed by atoms with Crippen molar-refractivity contribution in [2.45, 2.75) is 44.0 Å². The SMILES string of the molecule is CCOc1ccc(S(=O)(=O)N2CCCC[C@H]2C(N)=O)cc1C. The summed E-state index contributed by atoms with van der Waals surface area (Å²) < 4.78 is 32.3. The van der Waals surface area contributed by atoms with Crippen LogP contribution in [0.15, 0.2) is 23.1 Å². The number of primary amides is 1. The highest BCUT2D eigenvalue weighted by Gasteiger charge is 2.36. The van der Waals surface area contributed by atoms with E-state index in [-0.39, 0.29) is 4.90 Å². The maximum atomic E-state index is 12.8. The van der Waals surface area contributed by atoms with Crippen LogP contribution >= 0.6 is 0 Å². The molecular formula is C15H22N2O4S. The molecule has 7 heteroatoms. The summed E-state index contributed by atoms with van der Waals surface area (Å²) in [5, 5.41) is 0. The highest BCUT2D eigenvalue weighted by Crippen LogP contribution is 2.28. The predicted octanol–water partition coefficient (Wildman–Crippen LogP) is 1.42. The third kappa shape index (κ3) is 3.25. The summed E-state index contributed by atoms with van der Waals surface area (Å²) in [5.41, 5.74) is 6.11. The number of ether oxygens (including phenoxy) is 1. The van der Waals surface area contributed by atoms with Crippen molar-refractivity contribution in [2.24, 2.45) is 5.73 Å². The fourth-order valence-corrected chi connectivity index (χ4v) is 4.46. The van der Waals surface area contributed by atoms with E-state index in [4.69, 9.17) is 10.5 Å². The van der Waals surface area contributed by atoms with Crippen LogP contribution in [0.5, 0.6) is 5.75 Å². The fourth-order valence-electron chi connectivity index (χ4n) is 2.71. The first kappa shape index (κ1) is 16.8. The molecule has 1 saturated heterocycles. The fraction of sp³-hybridized carbons (Fsp3) is 0.533. The molecule has 1 fully saturated rings. The highest BCUT2D eigenvalue weighted by molar-refractivity contribution is 7.89. The van der Waals surface area contributed by atoms with E-state index < -0.39 is 22.0 Å². The zero-order chi connectivity index (χ0) is 16.3. The minimum absolute atomic E-state index is 0.168. The second-order valence-corrected chi connectivity index (χ2v) is 7.28. The quantitative estimate of drug-likeness (QED) is 0.886. The minimum atomic E-state index is -3.73. The number of hydrogen-bond acceptors (Lipinski definition) is 4. The lowest BCUT2D eigenvalue weighted by Gasteiger charge is -2.32. The van der Waals surface area contributed by atoms with Crippen LogP contribution in [0.1, 0.15) is 31.7 Å². The number of piperidine rings is 1. The van der Waals surface area contributed by atoms with Crippen molar-refractivity contribution in [2.75, 3.05) is 13.2 Å². The molecule has 1 amide bonds. The van der Waals surface area contributed by atoms with E-state index in [0.29, 0.717) is 25.3 Å². The van der Waals surface area contributed by atoms with Crippen LogP contribution in [0.2, 0.25) is 0 Å². The molecule has 0 spiro atoms. The molecule has 0 unspecified atom stereocenters. The van der Waals surface area contributed by atoms with Crippen LogP contribution in [0.25, 0.3) is 0 Å². The zero-order valence-corrected chi connectivity index (χ0v) is 13.7. The van der Waals surface area contributed by atoms with Gasteiger partial charge < -0.3 is 10.5 Å². The van der Waals surface area contributed by atoms with Gasteiger partial charge in [0.2, 0.25) is 15.9 Å². The van der Waals surface area contributed by atoms with Gasteiger partial charge in [-0.3, -0.25) is 4.79 Å². The molecule has 6 nitrogen and oxygen atoms in total. The topological polar surface area (TPSA) is 89.7 Å². The summed E-state index contributed by atoms with van der Waals surface area (Å²) in [7, 11) is -3.73. The summed E-state index contributed by atoms with van der Waals surface area (Å²) in [6.45, 7) is 4.51. The summed E-state index contributed by atoms with van der Waals surface area (Å²) in [6, 6.07) is 3.98. The molecular weight excluding hydrogens is 304 g/mol. The van der Waals surface area contributed by atoms with Crippen molar-refractivity contribution in [1.29, 1.82) is 0 Å². The van der Waals surface area contributed by atoms with Crippen molar-refractivity contribution < 1.29 is 17.9 Å². The van der Waals surface area contributed by atoms with Crippen molar-refractivity contribution in [3.63, 3.8) is 0 Å². The summed E-state index contributed by atoms with van der Waals surface area (Å²) in [6.07, 6.45) is 2.02. The second-order valence-electron chi connectivity index (χ2n) is 5.39. The van der Waals surface area contributed by atoms with E-state index >= 15 is 0 Å². The number of rotatable bonds is 5. The first-order chi connectivity index (χ1) is 10.4. The van der Waals surface area contributed by atoms with Crippen LogP contribution < -0.4 is 10.5 Å². The van der Waals surface area contributed by atoms with Gasteiger partial charge in [-0.25, -0.2) is 8.42 Å². The maximum absolute atomic E-state index is 12.8. The lowest BCUT2D eigenvalue weighted by Crippen LogP contribution is -2.50. The monoisotopic (exact) mass is 326 g/mol. The van der Waals surface area contributed by atoms with Gasteiger partial charge in [0.15, 0.2) is 0 Å². The van der Waals surface area contributed by atoms with E-state index in [1.54, 1.807) is 19.1 Å². The number of nitrogens with zero attached hydrogens (tertiary/aromatic N) is 1. The Morgan fingerprint density at radius 2 is 2.14 bits per heavy atom. The van der Waals surface area contributed by atoms with Crippen LogP contribution in [0, 0.1) is 6.92 Å². The van der Waals surface area contributed by atoms with Gasteiger partial charge in [0.05, 0.1) is 11.5 Å². The van der Waals surface area contributed by atoms with Crippen LogP contribution in [-0.4, -0.2) is 37.8 Å². The van der Waals surface area contributed by atoms with Crippen LogP contribution in [-0.2, 0) is 14.8 Å². The lowest BCUT2D eigenvalue weighted by atomic mass is 10.0. The number of nitrogens with two attached hydrogens (primary N) is 1. The molecule has 1 aromatic carbocycles. The Morgan fingerprint density at radius 3 is 2.73 bits per heavy atom. The van der Waals surface area contributed by atoms with Gasteiger partial charge in [-0.15, -0.1) is 0 Å². The highest BCUT2D eigenvalue weighted by atomic mass is 32.2. The zero-order valence-electron chi connectivity index (χ0n) is 12.9. The molecule has 1 atom stereocenters. The minimum Gasteiger partial charge on any atom is -0.494 e. The first-order valence-corrected chi connectivity index (χ1v) is 8.86. The van der Waals surface area contributed by atoms with Crippen molar-refractivity contribution in [1.82, 2.24) is 4.31 Å².